The van der Waals surface area contributed by atoms with E-state index in [-0.39, 0.29) is 101 Å². The second-order valence-corrected chi connectivity index (χ2v) is 24.2. The highest BCUT2D eigenvalue weighted by Crippen LogP contribution is 2.66. The molecule has 0 bridgehead atoms. The van der Waals surface area contributed by atoms with Gasteiger partial charge in [0.05, 0.1) is 24.0 Å². The molecule has 33 nitrogen and oxygen atoms in total. The third kappa shape index (κ3) is 14.2. The number of carbonyl (C=O) groups is 3. The number of hydrogen-bond acceptors (Lipinski definition) is 23. The number of aliphatic hydroxyl groups excluding tert-OH is 1. The third-order valence-electron chi connectivity index (χ3n) is 11.6. The number of imidazole rings is 1. The van der Waals surface area contributed by atoms with Crippen molar-refractivity contribution in [1.82, 2.24) is 35.1 Å². The van der Waals surface area contributed by atoms with Crippen molar-refractivity contribution in [3.63, 3.8) is 0 Å². The number of hydrogen-bond donors (Lipinski definition) is 11. The Labute approximate surface area is 452 Å². The smallest absolute Gasteiger partial charge is 0.453 e. The monoisotopic (exact) mass is 1220 g/mol. The Bertz CT molecular complexity index is 3790. The molecule has 80 heavy (non-hydrogen) atoms. The number of nitrogens with zero attached hydrogens (tertiary/aromatic N) is 6. The van der Waals surface area contributed by atoms with E-state index in [4.69, 9.17) is 29.4 Å². The van der Waals surface area contributed by atoms with Crippen LogP contribution in [0.15, 0.2) is 80.4 Å². The summed E-state index contributed by atoms with van der Waals surface area (Å²) in [6, 6.07) is 11.6. The Hall–Kier alpha value is -6.36. The first-order valence-corrected chi connectivity index (χ1v) is 30.7. The molecule has 38 heteroatoms. The molecule has 434 valence electrons. The van der Waals surface area contributed by atoms with Gasteiger partial charge in [-0.25, -0.2) is 33.4 Å². The van der Waals surface area contributed by atoms with Crippen LogP contribution < -0.4 is 27.0 Å². The lowest BCUT2D eigenvalue weighted by molar-refractivity contribution is -0.121. The number of rotatable bonds is 23. The number of phosphoric ester groups is 1. The summed E-state index contributed by atoms with van der Waals surface area (Å²) in [6.07, 6.45) is -5.99. The average molecular weight is 1220 g/mol. The van der Waals surface area contributed by atoms with Crippen LogP contribution in [0.3, 0.4) is 0 Å². The number of carbonyl (C=O) groups excluding carboxylic acids is 3. The van der Waals surface area contributed by atoms with Gasteiger partial charge in [-0.3, -0.25) is 32.8 Å². The second kappa shape index (κ2) is 24.4. The van der Waals surface area contributed by atoms with E-state index in [1.807, 2.05) is 0 Å². The first kappa shape index (κ1) is 61.3. The summed E-state index contributed by atoms with van der Waals surface area (Å²) < 4.78 is 139. The number of fused-ring (bicyclic) bond motifs is 3. The van der Waals surface area contributed by atoms with Crippen LogP contribution in [0, 0.1) is 0 Å². The van der Waals surface area contributed by atoms with E-state index in [9.17, 15) is 68.9 Å². The van der Waals surface area contributed by atoms with Crippen molar-refractivity contribution in [3.8, 4) is 22.5 Å². The SMILES string of the molecule is CCN=c1ccc2c(-c3ccccc3C(=O)N(C)CCCC(=O)NCCNC(=O)O[C@H]3[C@@H](O)[C@H](n4cnc5c(N)ncnc54)O[C@@H]3COP(=O)(O)OP(=O)(O)OP(=O)(O)O)c3ccc(NCC)c(S(=O)(=O)O)c3oc-2c1S(=O)(=O)O. The van der Waals surface area contributed by atoms with E-state index < -0.39 is 114 Å². The van der Waals surface area contributed by atoms with Gasteiger partial charge in [0.25, 0.3) is 26.1 Å². The van der Waals surface area contributed by atoms with Gasteiger partial charge in [-0.2, -0.15) is 25.5 Å². The number of amides is 3. The zero-order chi connectivity index (χ0) is 58.7. The fourth-order valence-corrected chi connectivity index (χ4v) is 13.0. The highest BCUT2D eigenvalue weighted by Gasteiger charge is 2.50. The number of aromatic nitrogens is 4. The van der Waals surface area contributed by atoms with Crippen LogP contribution in [0.1, 0.15) is 43.3 Å². The molecule has 2 aromatic carbocycles. The molecule has 1 saturated heterocycles. The third-order valence-corrected chi connectivity index (χ3v) is 17.2. The summed E-state index contributed by atoms with van der Waals surface area (Å²) in [5, 5.41) is 18.8. The van der Waals surface area contributed by atoms with Crippen LogP contribution in [-0.4, -0.2) is 158 Å². The van der Waals surface area contributed by atoms with Gasteiger partial charge in [0, 0.05) is 68.3 Å². The van der Waals surface area contributed by atoms with Crippen LogP contribution in [0.4, 0.5) is 16.3 Å². The number of nitrogens with one attached hydrogen (secondary N) is 3. The number of aliphatic hydroxyl groups is 1. The van der Waals surface area contributed by atoms with Gasteiger partial charge in [0.1, 0.15) is 24.1 Å². The number of nitrogen functional groups attached to an aromatic ring is 1. The van der Waals surface area contributed by atoms with Crippen LogP contribution in [0.25, 0.3) is 44.6 Å². The van der Waals surface area contributed by atoms with Crippen molar-refractivity contribution < 1.29 is 106 Å². The van der Waals surface area contributed by atoms with Crippen molar-refractivity contribution in [2.45, 2.75) is 61.0 Å². The fraction of sp³-hybridized carbons (Fsp3) is 0.357. The first-order chi connectivity index (χ1) is 37.4. The predicted octanol–water partition coefficient (Wildman–Crippen LogP) is 2.14. The summed E-state index contributed by atoms with van der Waals surface area (Å²) >= 11 is 0. The molecule has 0 saturated carbocycles. The molecule has 0 radical (unpaired) electrons. The number of phosphoric acid groups is 3. The van der Waals surface area contributed by atoms with Crippen molar-refractivity contribution in [2.24, 2.45) is 4.99 Å². The molecule has 7 rings (SSSR count). The number of benzene rings is 3. The first-order valence-electron chi connectivity index (χ1n) is 23.3. The van der Waals surface area contributed by atoms with Crippen LogP contribution in [0.2, 0.25) is 0 Å². The molecule has 0 spiro atoms. The molecule has 3 aliphatic rings. The van der Waals surface area contributed by atoms with Crippen LogP contribution in [-0.2, 0) is 61.3 Å². The number of anilines is 2. The van der Waals surface area contributed by atoms with Gasteiger partial charge >= 0.3 is 29.6 Å². The number of ether oxygens (including phenoxy) is 2. The maximum atomic E-state index is 14.3. The standard InChI is InChI=1S/C42H51N10O23P3S2/c1-4-44-26-14-12-24-30(25-13-15-27(45-5-2)37(80(67,68)69)34(25)72-33(24)36(26)79(64,65)66)22-9-6-7-10-23(22)40(55)51(3)18-8-11-29(53)46-16-17-47-42(56)73-35-28(19-70-77(60,61)75-78(62,63)74-76(57,58)59)71-41(32(35)54)52-21-50-31-38(43)48-20-49-39(31)52/h6-7,9-10,12-15,20-21,28,32,35,41,44,54H,4-5,8,11,16-19H2,1-3H3,(H,46,53)(H,47,56)(H,60,61)(H,62,63)(H2,43,48,49)(H2,57,58,59)(H,64,65,66)(H,67,68,69)/t28-,32-,35-,41-/m1/s1. The molecule has 4 heterocycles. The van der Waals surface area contributed by atoms with Gasteiger partial charge in [-0.1, -0.05) is 18.2 Å². The Kier molecular flexibility index (Phi) is 18.7. The highest BCUT2D eigenvalue weighted by molar-refractivity contribution is 7.86. The van der Waals surface area contributed by atoms with Crippen LogP contribution in [0.5, 0.6) is 0 Å². The van der Waals surface area contributed by atoms with E-state index in [1.165, 1.54) is 48.3 Å². The van der Waals surface area contributed by atoms with Gasteiger partial charge in [0.2, 0.25) is 5.91 Å². The van der Waals surface area contributed by atoms with Crippen molar-refractivity contribution >= 4 is 95.3 Å². The molecular weight excluding hydrogens is 1170 g/mol. The minimum atomic E-state index is -5.93. The van der Waals surface area contributed by atoms with Crippen LogP contribution >= 0.6 is 23.5 Å². The maximum absolute atomic E-state index is 14.3. The minimum absolute atomic E-state index is 0.0114. The van der Waals surface area contributed by atoms with E-state index in [0.29, 0.717) is 0 Å². The predicted molar refractivity (Wildman–Crippen MR) is 275 cm³/mol. The summed E-state index contributed by atoms with van der Waals surface area (Å²) in [7, 11) is -26.2. The summed E-state index contributed by atoms with van der Waals surface area (Å²) in [4.78, 5) is 93.4. The fourth-order valence-electron chi connectivity index (χ4n) is 8.43. The van der Waals surface area contributed by atoms with Crippen molar-refractivity contribution in [3.05, 3.63) is 72.1 Å². The van der Waals surface area contributed by atoms with Gasteiger partial charge in [-0.05, 0) is 56.2 Å². The summed E-state index contributed by atoms with van der Waals surface area (Å²) in [5.41, 5.74) is 5.59. The molecule has 12 N–H and O–H groups in total. The Morgan fingerprint density at radius 2 is 1.59 bits per heavy atom. The number of nitrogens with two attached hydrogens (primary N) is 1. The maximum Gasteiger partial charge on any atom is 0.490 e. The Morgan fingerprint density at radius 1 is 0.887 bits per heavy atom. The molecule has 2 unspecified atom stereocenters. The summed E-state index contributed by atoms with van der Waals surface area (Å²) in [5.74, 6) is -1.73. The second-order valence-electron chi connectivity index (χ2n) is 17.1. The summed E-state index contributed by atoms with van der Waals surface area (Å²) in [6.45, 7) is 1.85. The molecule has 2 aromatic heterocycles. The van der Waals surface area contributed by atoms with Gasteiger partial charge in [0.15, 0.2) is 44.9 Å². The van der Waals surface area contributed by atoms with E-state index in [0.717, 1.165) is 17.2 Å². The Morgan fingerprint density at radius 3 is 2.26 bits per heavy atom. The van der Waals surface area contributed by atoms with Crippen molar-refractivity contribution in [2.75, 3.05) is 57.4 Å². The number of alkyl carbamates (subject to hydrolysis) is 1. The van der Waals surface area contributed by atoms with Gasteiger partial charge in [-0.15, -0.1) is 0 Å². The Balaban J connectivity index is 1.01. The molecular formula is C42H51N10O23P3S2. The minimum Gasteiger partial charge on any atom is -0.453 e. The molecule has 1 aliphatic carbocycles. The highest BCUT2D eigenvalue weighted by atomic mass is 32.2. The molecule has 3 amide bonds. The molecule has 2 aliphatic heterocycles. The van der Waals surface area contributed by atoms with Gasteiger partial charge < -0.3 is 65.2 Å². The van der Waals surface area contributed by atoms with Crippen molar-refractivity contribution in [1.29, 1.82) is 0 Å². The van der Waals surface area contributed by atoms with E-state index >= 15 is 0 Å². The lowest BCUT2D eigenvalue weighted by Crippen LogP contribution is -2.42. The quantitative estimate of drug-likeness (QED) is 0.0189. The zero-order valence-corrected chi connectivity index (χ0v) is 46.1. The average Bonchev–Trinajstić information content (AvgIpc) is 3.88. The van der Waals surface area contributed by atoms with E-state index in [1.54, 1.807) is 26.0 Å². The normalized spacial score (nSPS) is 18.7. The molecule has 4 aromatic rings. The lowest BCUT2D eigenvalue weighted by Gasteiger charge is -2.23. The largest absolute Gasteiger partial charge is 0.490 e. The molecule has 6 atom stereocenters. The zero-order valence-electron chi connectivity index (χ0n) is 41.8. The lowest BCUT2D eigenvalue weighted by atomic mass is 9.90. The molecule has 1 fully saturated rings. The van der Waals surface area contributed by atoms with E-state index in [2.05, 4.69) is 49.0 Å². The topological polar surface area (TPSA) is 493 Å².